The average Bonchev–Trinajstić information content (AvgIpc) is 3.21. The van der Waals surface area contributed by atoms with Crippen molar-refractivity contribution < 1.29 is 0 Å². The van der Waals surface area contributed by atoms with Crippen molar-refractivity contribution in [2.24, 2.45) is 0 Å². The van der Waals surface area contributed by atoms with Crippen LogP contribution in [0.4, 0.5) is 5.82 Å². The summed E-state index contributed by atoms with van der Waals surface area (Å²) in [6.07, 6.45) is 6.35. The molecular weight excluding hydrogens is 410 g/mol. The molecule has 0 N–H and O–H groups in total. The number of aryl methyl sites for hydroxylation is 1. The summed E-state index contributed by atoms with van der Waals surface area (Å²) in [7, 11) is 2.16. The zero-order valence-electron chi connectivity index (χ0n) is 19.7. The van der Waals surface area contributed by atoms with E-state index >= 15 is 0 Å². The van der Waals surface area contributed by atoms with Crippen LogP contribution in [0.25, 0.3) is 5.65 Å². The molecule has 1 saturated heterocycles. The number of imidazole rings is 1. The number of nitriles is 1. The fourth-order valence-corrected chi connectivity index (χ4v) is 5.40. The number of piperazine rings is 1. The number of likely N-dealkylation sites (N-methyl/N-ethyl adjacent to an activating group) is 1. The van der Waals surface area contributed by atoms with Crippen LogP contribution in [0, 0.1) is 11.3 Å². The zero-order chi connectivity index (χ0) is 22.8. The quantitative estimate of drug-likeness (QED) is 0.580. The van der Waals surface area contributed by atoms with Gasteiger partial charge < -0.3 is 9.80 Å². The van der Waals surface area contributed by atoms with E-state index in [4.69, 9.17) is 9.97 Å². The van der Waals surface area contributed by atoms with E-state index in [-0.39, 0.29) is 6.04 Å². The number of nitrogens with zero attached hydrogens (tertiary/aromatic N) is 7. The molecule has 0 radical (unpaired) electrons. The lowest BCUT2D eigenvalue weighted by Gasteiger charge is -2.34. The first-order valence-electron chi connectivity index (χ1n) is 12.2. The van der Waals surface area contributed by atoms with Gasteiger partial charge in [0.1, 0.15) is 17.5 Å². The molecule has 7 heteroatoms. The molecule has 7 nitrogen and oxygen atoms in total. The van der Waals surface area contributed by atoms with Crippen LogP contribution in [0.1, 0.15) is 54.9 Å². The van der Waals surface area contributed by atoms with Crippen LogP contribution < -0.4 is 4.90 Å². The van der Waals surface area contributed by atoms with Crippen LogP contribution in [0.3, 0.4) is 0 Å². The SMILES string of the molecule is CCCN(Cc1nc2cccc(N3CCN(C)CC3)n2c1C#N)[C@H]1CCCc2cccnc21. The summed E-state index contributed by atoms with van der Waals surface area (Å²) in [5.74, 6) is 1.07. The van der Waals surface area contributed by atoms with Crippen LogP contribution in [-0.4, -0.2) is 63.9 Å². The topological polar surface area (TPSA) is 63.7 Å². The third-order valence-corrected chi connectivity index (χ3v) is 7.10. The second-order valence-corrected chi connectivity index (χ2v) is 9.31. The molecule has 0 unspecified atom stereocenters. The Labute approximate surface area is 196 Å². The van der Waals surface area contributed by atoms with Gasteiger partial charge in [-0.2, -0.15) is 5.26 Å². The smallest absolute Gasteiger partial charge is 0.150 e. The molecular formula is C26H33N7. The zero-order valence-corrected chi connectivity index (χ0v) is 19.7. The third-order valence-electron chi connectivity index (χ3n) is 7.10. The highest BCUT2D eigenvalue weighted by atomic mass is 15.3. The van der Waals surface area contributed by atoms with Gasteiger partial charge >= 0.3 is 0 Å². The van der Waals surface area contributed by atoms with Crippen molar-refractivity contribution in [3.05, 3.63) is 59.2 Å². The summed E-state index contributed by atoms with van der Waals surface area (Å²) in [6.45, 7) is 7.82. The standard InChI is InChI=1S/C26H33N7/c1-3-13-32(22-9-4-7-20-8-6-12-28-26(20)22)19-21-23(18-27)33-24(29-21)10-5-11-25(33)31-16-14-30(2)15-17-31/h5-6,8,10-12,22H,3-4,7,9,13-17,19H2,1-2H3/t22-/m0/s1. The molecule has 4 heterocycles. The lowest BCUT2D eigenvalue weighted by atomic mass is 9.90. The molecule has 1 fully saturated rings. The Hall–Kier alpha value is -2.95. The molecule has 0 saturated carbocycles. The predicted molar refractivity (Wildman–Crippen MR) is 130 cm³/mol. The monoisotopic (exact) mass is 443 g/mol. The van der Waals surface area contributed by atoms with E-state index in [9.17, 15) is 5.26 Å². The second kappa shape index (κ2) is 9.50. The summed E-state index contributed by atoms with van der Waals surface area (Å²) < 4.78 is 2.07. The molecule has 0 spiro atoms. The maximum Gasteiger partial charge on any atom is 0.150 e. The van der Waals surface area contributed by atoms with Gasteiger partial charge in [-0.25, -0.2) is 4.98 Å². The highest BCUT2D eigenvalue weighted by Gasteiger charge is 2.29. The largest absolute Gasteiger partial charge is 0.355 e. The van der Waals surface area contributed by atoms with Gasteiger partial charge in [0, 0.05) is 38.9 Å². The molecule has 1 atom stereocenters. The lowest BCUT2D eigenvalue weighted by molar-refractivity contribution is 0.164. The second-order valence-electron chi connectivity index (χ2n) is 9.31. The van der Waals surface area contributed by atoms with E-state index in [0.717, 1.165) is 69.1 Å². The fraction of sp³-hybridized carbons (Fsp3) is 0.500. The number of rotatable bonds is 6. The van der Waals surface area contributed by atoms with Gasteiger partial charge in [-0.15, -0.1) is 0 Å². The van der Waals surface area contributed by atoms with E-state index < -0.39 is 0 Å². The van der Waals surface area contributed by atoms with Gasteiger partial charge in [0.25, 0.3) is 0 Å². The van der Waals surface area contributed by atoms with Crippen molar-refractivity contribution in [3.8, 4) is 6.07 Å². The van der Waals surface area contributed by atoms with E-state index in [2.05, 4.69) is 57.3 Å². The Balaban J connectivity index is 1.51. The minimum Gasteiger partial charge on any atom is -0.355 e. The van der Waals surface area contributed by atoms with Crippen LogP contribution in [0.5, 0.6) is 0 Å². The molecule has 33 heavy (non-hydrogen) atoms. The lowest BCUT2D eigenvalue weighted by Crippen LogP contribution is -2.45. The highest BCUT2D eigenvalue weighted by Crippen LogP contribution is 2.34. The third kappa shape index (κ3) is 4.21. The van der Waals surface area contributed by atoms with Gasteiger partial charge in [-0.05, 0) is 63.0 Å². The molecule has 3 aromatic rings. The Morgan fingerprint density at radius 3 is 2.79 bits per heavy atom. The van der Waals surface area contributed by atoms with E-state index in [1.165, 1.54) is 17.7 Å². The van der Waals surface area contributed by atoms with Crippen LogP contribution in [-0.2, 0) is 13.0 Å². The van der Waals surface area contributed by atoms with Crippen molar-refractivity contribution in [3.63, 3.8) is 0 Å². The average molecular weight is 444 g/mol. The molecule has 5 rings (SSSR count). The van der Waals surface area contributed by atoms with Crippen LogP contribution >= 0.6 is 0 Å². The number of aromatic nitrogens is 3. The maximum absolute atomic E-state index is 10.2. The molecule has 0 amide bonds. The number of hydrogen-bond donors (Lipinski definition) is 0. The van der Waals surface area contributed by atoms with E-state index in [1.54, 1.807) is 0 Å². The minimum absolute atomic E-state index is 0.281. The molecule has 1 aliphatic carbocycles. The van der Waals surface area contributed by atoms with E-state index in [1.807, 2.05) is 18.3 Å². The summed E-state index contributed by atoms with van der Waals surface area (Å²) >= 11 is 0. The molecule has 172 valence electrons. The van der Waals surface area contributed by atoms with Gasteiger partial charge in [-0.1, -0.05) is 19.1 Å². The predicted octanol–water partition coefficient (Wildman–Crippen LogP) is 3.64. The minimum atomic E-state index is 0.281. The van der Waals surface area contributed by atoms with Gasteiger partial charge in [-0.3, -0.25) is 14.3 Å². The first kappa shape index (κ1) is 21.9. The van der Waals surface area contributed by atoms with Crippen LogP contribution in [0.2, 0.25) is 0 Å². The van der Waals surface area contributed by atoms with Gasteiger partial charge in [0.15, 0.2) is 5.69 Å². The molecule has 3 aromatic heterocycles. The highest BCUT2D eigenvalue weighted by molar-refractivity contribution is 5.57. The molecule has 1 aliphatic heterocycles. The van der Waals surface area contributed by atoms with Crippen molar-refractivity contribution in [2.75, 3.05) is 44.7 Å². The first-order valence-corrected chi connectivity index (χ1v) is 12.2. The normalized spacial score (nSPS) is 19.1. The fourth-order valence-electron chi connectivity index (χ4n) is 5.40. The number of hydrogen-bond acceptors (Lipinski definition) is 6. The number of fused-ring (bicyclic) bond motifs is 2. The van der Waals surface area contributed by atoms with Crippen molar-refractivity contribution in [2.45, 2.75) is 45.2 Å². The molecule has 0 aromatic carbocycles. The Morgan fingerprint density at radius 1 is 1.15 bits per heavy atom. The number of anilines is 1. The Morgan fingerprint density at radius 2 is 2.00 bits per heavy atom. The van der Waals surface area contributed by atoms with E-state index in [0.29, 0.717) is 12.2 Å². The Bertz CT molecular complexity index is 1150. The van der Waals surface area contributed by atoms with Crippen LogP contribution in [0.15, 0.2) is 36.5 Å². The summed E-state index contributed by atoms with van der Waals surface area (Å²) in [5.41, 5.74) is 4.96. The van der Waals surface area contributed by atoms with Crippen molar-refractivity contribution >= 4 is 11.5 Å². The summed E-state index contributed by atoms with van der Waals surface area (Å²) in [6, 6.07) is 13.2. The maximum atomic E-state index is 10.2. The molecule has 0 bridgehead atoms. The Kier molecular flexibility index (Phi) is 6.30. The summed E-state index contributed by atoms with van der Waals surface area (Å²) in [4.78, 5) is 17.0. The van der Waals surface area contributed by atoms with Gasteiger partial charge in [0.05, 0.1) is 17.4 Å². The summed E-state index contributed by atoms with van der Waals surface area (Å²) in [5, 5.41) is 10.2. The van der Waals surface area contributed by atoms with Crippen molar-refractivity contribution in [1.29, 1.82) is 5.26 Å². The first-order chi connectivity index (χ1) is 16.2. The van der Waals surface area contributed by atoms with Crippen molar-refractivity contribution in [1.82, 2.24) is 24.2 Å². The molecule has 2 aliphatic rings. The van der Waals surface area contributed by atoms with Gasteiger partial charge in [0.2, 0.25) is 0 Å². The number of pyridine rings is 2.